The van der Waals surface area contributed by atoms with Gasteiger partial charge < -0.3 is 14.2 Å². The maximum Gasteiger partial charge on any atom is 0.319 e. The molecule has 0 N–H and O–H groups in total. The van der Waals surface area contributed by atoms with Crippen LogP contribution in [0.2, 0.25) is 0 Å². The van der Waals surface area contributed by atoms with Gasteiger partial charge in [0.15, 0.2) is 6.29 Å². The minimum Gasteiger partial charge on any atom is -0.465 e. The summed E-state index contributed by atoms with van der Waals surface area (Å²) in [7, 11) is 0. The third kappa shape index (κ3) is 7.08. The van der Waals surface area contributed by atoms with Crippen molar-refractivity contribution in [3.05, 3.63) is 0 Å². The second kappa shape index (κ2) is 9.35. The van der Waals surface area contributed by atoms with Gasteiger partial charge in [-0.15, -0.1) is 0 Å². The van der Waals surface area contributed by atoms with Gasteiger partial charge in [-0.05, 0) is 20.8 Å². The van der Waals surface area contributed by atoms with E-state index in [1.54, 1.807) is 6.92 Å². The monoisotopic (exact) mass is 330 g/mol. The van der Waals surface area contributed by atoms with Crippen molar-refractivity contribution in [1.82, 2.24) is 0 Å². The zero-order chi connectivity index (χ0) is 11.7. The van der Waals surface area contributed by atoms with E-state index in [0.717, 1.165) is 0 Å². The predicted molar refractivity (Wildman–Crippen MR) is 66.1 cm³/mol. The fraction of sp³-hybridized carbons (Fsp3) is 0.900. The van der Waals surface area contributed by atoms with Crippen LogP contribution in [0.4, 0.5) is 0 Å². The standard InChI is InChI=1S/C10H19IO4/c1-4-13-9(14-5-2)7-8(11)10(12)15-6-3/h8-9H,4-7H2,1-3H3. The molecule has 90 valence electrons. The summed E-state index contributed by atoms with van der Waals surface area (Å²) in [5.41, 5.74) is 0. The molecular formula is C10H19IO4. The third-order valence-electron chi connectivity index (χ3n) is 1.65. The second-order valence-corrected chi connectivity index (χ2v) is 4.30. The van der Waals surface area contributed by atoms with E-state index in [1.807, 2.05) is 13.8 Å². The average Bonchev–Trinajstić information content (AvgIpc) is 2.18. The van der Waals surface area contributed by atoms with Crippen molar-refractivity contribution < 1.29 is 19.0 Å². The van der Waals surface area contributed by atoms with Gasteiger partial charge in [-0.25, -0.2) is 0 Å². The average molecular weight is 330 g/mol. The zero-order valence-corrected chi connectivity index (χ0v) is 11.7. The third-order valence-corrected chi connectivity index (χ3v) is 2.66. The Morgan fingerprint density at radius 2 is 1.67 bits per heavy atom. The predicted octanol–water partition coefficient (Wildman–Crippen LogP) is 2.14. The van der Waals surface area contributed by atoms with Crippen LogP contribution in [0.15, 0.2) is 0 Å². The molecule has 0 aromatic heterocycles. The van der Waals surface area contributed by atoms with Crippen molar-refractivity contribution in [1.29, 1.82) is 0 Å². The van der Waals surface area contributed by atoms with Gasteiger partial charge >= 0.3 is 5.97 Å². The van der Waals surface area contributed by atoms with Crippen LogP contribution in [0.25, 0.3) is 0 Å². The first-order chi connectivity index (χ1) is 7.15. The molecule has 0 fully saturated rings. The lowest BCUT2D eigenvalue weighted by molar-refractivity contribution is -0.153. The molecule has 0 aliphatic carbocycles. The highest BCUT2D eigenvalue weighted by Gasteiger charge is 2.21. The largest absolute Gasteiger partial charge is 0.465 e. The highest BCUT2D eigenvalue weighted by molar-refractivity contribution is 14.1. The van der Waals surface area contributed by atoms with Gasteiger partial charge in [-0.3, -0.25) is 4.79 Å². The first-order valence-electron chi connectivity index (χ1n) is 5.19. The summed E-state index contributed by atoms with van der Waals surface area (Å²) >= 11 is 2.05. The van der Waals surface area contributed by atoms with Gasteiger partial charge in [-0.2, -0.15) is 0 Å². The first-order valence-corrected chi connectivity index (χ1v) is 6.44. The quantitative estimate of drug-likeness (QED) is 0.296. The molecule has 0 aliphatic heterocycles. The van der Waals surface area contributed by atoms with Crippen LogP contribution in [-0.2, 0) is 19.0 Å². The van der Waals surface area contributed by atoms with E-state index < -0.39 is 0 Å². The molecule has 0 spiro atoms. The Balaban J connectivity index is 3.96. The minimum absolute atomic E-state index is 0.206. The van der Waals surface area contributed by atoms with Gasteiger partial charge in [0, 0.05) is 19.6 Å². The lowest BCUT2D eigenvalue weighted by Gasteiger charge is -2.18. The number of hydrogen-bond donors (Lipinski definition) is 0. The first kappa shape index (κ1) is 15.1. The normalized spacial score (nSPS) is 12.9. The number of halogens is 1. The van der Waals surface area contributed by atoms with Crippen LogP contribution in [-0.4, -0.2) is 36.0 Å². The van der Waals surface area contributed by atoms with Crippen LogP contribution in [0, 0.1) is 0 Å². The van der Waals surface area contributed by atoms with Gasteiger partial charge in [0.25, 0.3) is 0 Å². The highest BCUT2D eigenvalue weighted by Crippen LogP contribution is 2.14. The molecular weight excluding hydrogens is 311 g/mol. The molecule has 0 rings (SSSR count). The summed E-state index contributed by atoms with van der Waals surface area (Å²) in [4.78, 5) is 11.3. The SMILES string of the molecule is CCOC(=O)C(I)CC(OCC)OCC. The molecule has 1 atom stereocenters. The Morgan fingerprint density at radius 1 is 1.13 bits per heavy atom. The van der Waals surface area contributed by atoms with Gasteiger partial charge in [0.1, 0.15) is 3.92 Å². The van der Waals surface area contributed by atoms with E-state index in [1.165, 1.54) is 0 Å². The number of rotatable bonds is 8. The molecule has 0 aromatic carbocycles. The van der Waals surface area contributed by atoms with E-state index in [2.05, 4.69) is 22.6 Å². The van der Waals surface area contributed by atoms with Gasteiger partial charge in [-0.1, -0.05) is 22.6 Å². The molecule has 0 heterocycles. The maximum absolute atomic E-state index is 11.3. The Kier molecular flexibility index (Phi) is 9.43. The van der Waals surface area contributed by atoms with Crippen molar-refractivity contribution in [2.24, 2.45) is 0 Å². The smallest absolute Gasteiger partial charge is 0.319 e. The van der Waals surface area contributed by atoms with E-state index >= 15 is 0 Å². The number of hydrogen-bond acceptors (Lipinski definition) is 4. The lowest BCUT2D eigenvalue weighted by Crippen LogP contribution is -2.27. The summed E-state index contributed by atoms with van der Waals surface area (Å²) < 4.78 is 15.4. The lowest BCUT2D eigenvalue weighted by atomic mass is 10.3. The van der Waals surface area contributed by atoms with E-state index in [9.17, 15) is 4.79 Å². The van der Waals surface area contributed by atoms with Crippen molar-refractivity contribution in [3.8, 4) is 0 Å². The summed E-state index contributed by atoms with van der Waals surface area (Å²) in [6.45, 7) is 7.17. The molecule has 0 aliphatic rings. The molecule has 15 heavy (non-hydrogen) atoms. The van der Waals surface area contributed by atoms with Crippen LogP contribution in [0.3, 0.4) is 0 Å². The Morgan fingerprint density at radius 3 is 2.07 bits per heavy atom. The fourth-order valence-electron chi connectivity index (χ4n) is 1.05. The van der Waals surface area contributed by atoms with Crippen molar-refractivity contribution in [2.45, 2.75) is 37.4 Å². The van der Waals surface area contributed by atoms with E-state index in [0.29, 0.717) is 26.2 Å². The molecule has 0 bridgehead atoms. The molecule has 0 aromatic rings. The van der Waals surface area contributed by atoms with Crippen LogP contribution in [0.5, 0.6) is 0 Å². The number of esters is 1. The number of carbonyl (C=O) groups is 1. The molecule has 0 amide bonds. The molecule has 5 heteroatoms. The highest BCUT2D eigenvalue weighted by atomic mass is 127. The maximum atomic E-state index is 11.3. The molecule has 1 unspecified atom stereocenters. The summed E-state index contributed by atoms with van der Waals surface area (Å²) in [6, 6.07) is 0. The minimum atomic E-state index is -0.314. The number of alkyl halides is 1. The number of ether oxygens (including phenoxy) is 3. The number of carbonyl (C=O) groups excluding carboxylic acids is 1. The van der Waals surface area contributed by atoms with Gasteiger partial charge in [0.05, 0.1) is 6.61 Å². The summed E-state index contributed by atoms with van der Waals surface area (Å²) in [5, 5.41) is 0. The van der Waals surface area contributed by atoms with Crippen LogP contribution < -0.4 is 0 Å². The summed E-state index contributed by atoms with van der Waals surface area (Å²) in [6.07, 6.45) is 0.215. The zero-order valence-electron chi connectivity index (χ0n) is 9.49. The molecule has 4 nitrogen and oxygen atoms in total. The Bertz CT molecular complexity index is 169. The van der Waals surface area contributed by atoms with Crippen LogP contribution in [0.1, 0.15) is 27.2 Å². The van der Waals surface area contributed by atoms with Crippen molar-refractivity contribution in [2.75, 3.05) is 19.8 Å². The van der Waals surface area contributed by atoms with Gasteiger partial charge in [0.2, 0.25) is 0 Å². The molecule has 0 saturated heterocycles. The van der Waals surface area contributed by atoms with Crippen LogP contribution >= 0.6 is 22.6 Å². The van der Waals surface area contributed by atoms with E-state index in [4.69, 9.17) is 14.2 Å². The molecule has 0 radical (unpaired) electrons. The Hall–Kier alpha value is 0.120. The topological polar surface area (TPSA) is 44.8 Å². The Labute approximate surface area is 105 Å². The second-order valence-electron chi connectivity index (χ2n) is 2.80. The fourth-order valence-corrected chi connectivity index (χ4v) is 1.65. The van der Waals surface area contributed by atoms with Crippen molar-refractivity contribution >= 4 is 28.6 Å². The van der Waals surface area contributed by atoms with E-state index in [-0.39, 0.29) is 16.2 Å². The molecule has 0 saturated carbocycles. The summed E-state index contributed by atoms with van der Waals surface area (Å²) in [5.74, 6) is -0.206. The van der Waals surface area contributed by atoms with Crippen molar-refractivity contribution in [3.63, 3.8) is 0 Å².